The molecule has 0 N–H and O–H groups in total. The Bertz CT molecular complexity index is 720. The van der Waals surface area contributed by atoms with Crippen molar-refractivity contribution >= 4 is 21.9 Å². The highest BCUT2D eigenvalue weighted by molar-refractivity contribution is 9.08. The van der Waals surface area contributed by atoms with E-state index in [0.717, 1.165) is 35.0 Å². The lowest BCUT2D eigenvalue weighted by Gasteiger charge is -2.25. The molecule has 2 aromatic rings. The Balaban J connectivity index is 2.36. The van der Waals surface area contributed by atoms with Crippen molar-refractivity contribution in [3.05, 3.63) is 65.2 Å². The summed E-state index contributed by atoms with van der Waals surface area (Å²) in [5, 5.41) is 0.790. The van der Waals surface area contributed by atoms with Gasteiger partial charge >= 0.3 is 5.97 Å². The van der Waals surface area contributed by atoms with Crippen LogP contribution in [0.2, 0.25) is 0 Å². The molecule has 26 heavy (non-hydrogen) atoms. The highest BCUT2D eigenvalue weighted by Crippen LogP contribution is 2.30. The third-order valence-corrected chi connectivity index (χ3v) is 4.41. The number of alkyl halides is 1. The molecule has 0 amide bonds. The van der Waals surface area contributed by atoms with Gasteiger partial charge in [0.05, 0.1) is 0 Å². The fourth-order valence-corrected chi connectivity index (χ4v) is 3.01. The van der Waals surface area contributed by atoms with Gasteiger partial charge in [0.15, 0.2) is 0 Å². The average Bonchev–Trinajstić information content (AvgIpc) is 2.60. The van der Waals surface area contributed by atoms with Crippen LogP contribution < -0.4 is 4.74 Å². The van der Waals surface area contributed by atoms with Gasteiger partial charge in [-0.15, -0.1) is 0 Å². The molecule has 0 saturated carbocycles. The molecule has 1 unspecified atom stereocenters. The maximum absolute atomic E-state index is 12.8. The van der Waals surface area contributed by atoms with Crippen molar-refractivity contribution in [2.75, 3.05) is 0 Å². The minimum atomic E-state index is -0.791. The second-order valence-electron chi connectivity index (χ2n) is 7.27. The average molecular weight is 419 g/mol. The van der Waals surface area contributed by atoms with Gasteiger partial charge in [-0.3, -0.25) is 0 Å². The highest BCUT2D eigenvalue weighted by atomic mass is 79.9. The second-order valence-corrected chi connectivity index (χ2v) is 7.83. The first kappa shape index (κ1) is 20.5. The predicted octanol–water partition coefficient (Wildman–Crippen LogP) is 6.00. The molecule has 0 bridgehead atoms. The third kappa shape index (κ3) is 5.87. The van der Waals surface area contributed by atoms with E-state index in [2.05, 4.69) is 28.9 Å². The standard InChI is InChI=1S/C22H27BrO3/c1-5-9-18-14-16(15-23)12-13-19(18)25-20(17-10-7-6-8-11-17)21(24)26-22(2,3)4/h6-8,10-14,20H,5,9,15H2,1-4H3. The zero-order valence-corrected chi connectivity index (χ0v) is 17.5. The van der Waals surface area contributed by atoms with Gasteiger partial charge in [-0.1, -0.05) is 71.7 Å². The molecule has 1 atom stereocenters. The lowest BCUT2D eigenvalue weighted by Crippen LogP contribution is -2.30. The molecule has 0 saturated heterocycles. The summed E-state index contributed by atoms with van der Waals surface area (Å²) >= 11 is 3.50. The molecular weight excluding hydrogens is 392 g/mol. The molecule has 0 fully saturated rings. The maximum atomic E-state index is 12.8. The van der Waals surface area contributed by atoms with Gasteiger partial charge in [-0.05, 0) is 44.4 Å². The van der Waals surface area contributed by atoms with Crippen LogP contribution in [-0.4, -0.2) is 11.6 Å². The van der Waals surface area contributed by atoms with E-state index in [1.165, 1.54) is 5.56 Å². The van der Waals surface area contributed by atoms with E-state index in [9.17, 15) is 4.79 Å². The Morgan fingerprint density at radius 2 is 1.81 bits per heavy atom. The van der Waals surface area contributed by atoms with E-state index in [4.69, 9.17) is 9.47 Å². The Labute approximate surface area is 164 Å². The van der Waals surface area contributed by atoms with Crippen LogP contribution in [0.4, 0.5) is 0 Å². The molecule has 0 heterocycles. The number of carbonyl (C=O) groups is 1. The number of ether oxygens (including phenoxy) is 2. The Hall–Kier alpha value is -1.81. The summed E-state index contributed by atoms with van der Waals surface area (Å²) in [5.74, 6) is 0.354. The predicted molar refractivity (Wildman–Crippen MR) is 109 cm³/mol. The van der Waals surface area contributed by atoms with E-state index in [1.54, 1.807) is 0 Å². The van der Waals surface area contributed by atoms with Crippen molar-refractivity contribution in [1.29, 1.82) is 0 Å². The molecule has 0 aliphatic heterocycles. The minimum Gasteiger partial charge on any atom is -0.474 e. The zero-order valence-electron chi connectivity index (χ0n) is 15.9. The number of hydrogen-bond acceptors (Lipinski definition) is 3. The number of carbonyl (C=O) groups excluding carboxylic acids is 1. The smallest absolute Gasteiger partial charge is 0.352 e. The van der Waals surface area contributed by atoms with Gasteiger partial charge in [0.1, 0.15) is 11.4 Å². The zero-order chi connectivity index (χ0) is 19.2. The first-order valence-electron chi connectivity index (χ1n) is 8.96. The summed E-state index contributed by atoms with van der Waals surface area (Å²) in [5.41, 5.74) is 2.51. The lowest BCUT2D eigenvalue weighted by molar-refractivity contribution is -0.163. The summed E-state index contributed by atoms with van der Waals surface area (Å²) < 4.78 is 11.8. The topological polar surface area (TPSA) is 35.5 Å². The van der Waals surface area contributed by atoms with Gasteiger partial charge in [0.25, 0.3) is 0 Å². The number of hydrogen-bond donors (Lipinski definition) is 0. The quantitative estimate of drug-likeness (QED) is 0.408. The van der Waals surface area contributed by atoms with Crippen LogP contribution >= 0.6 is 15.9 Å². The number of aryl methyl sites for hydroxylation is 1. The highest BCUT2D eigenvalue weighted by Gasteiger charge is 2.29. The van der Waals surface area contributed by atoms with E-state index >= 15 is 0 Å². The summed E-state index contributed by atoms with van der Waals surface area (Å²) in [4.78, 5) is 12.8. The van der Waals surface area contributed by atoms with Crippen molar-refractivity contribution in [1.82, 2.24) is 0 Å². The van der Waals surface area contributed by atoms with E-state index in [-0.39, 0.29) is 5.97 Å². The Morgan fingerprint density at radius 1 is 1.12 bits per heavy atom. The molecular formula is C22H27BrO3. The van der Waals surface area contributed by atoms with Gasteiger partial charge in [0.2, 0.25) is 6.10 Å². The molecule has 0 aliphatic carbocycles. The van der Waals surface area contributed by atoms with Crippen molar-refractivity contribution in [3.8, 4) is 5.75 Å². The first-order valence-corrected chi connectivity index (χ1v) is 10.1. The fourth-order valence-electron chi connectivity index (χ4n) is 2.66. The molecule has 0 radical (unpaired) electrons. The van der Waals surface area contributed by atoms with Crippen LogP contribution in [0.5, 0.6) is 5.75 Å². The van der Waals surface area contributed by atoms with Crippen LogP contribution in [0.3, 0.4) is 0 Å². The summed E-state index contributed by atoms with van der Waals surface area (Å²) in [6.45, 7) is 7.72. The largest absolute Gasteiger partial charge is 0.474 e. The minimum absolute atomic E-state index is 0.379. The fraction of sp³-hybridized carbons (Fsp3) is 0.409. The van der Waals surface area contributed by atoms with Gasteiger partial charge in [0, 0.05) is 10.9 Å². The van der Waals surface area contributed by atoms with E-state index in [1.807, 2.05) is 63.2 Å². The second kappa shape index (κ2) is 9.22. The summed E-state index contributed by atoms with van der Waals surface area (Å²) in [6.07, 6.45) is 1.11. The van der Waals surface area contributed by atoms with Crippen molar-refractivity contribution in [3.63, 3.8) is 0 Å². The SMILES string of the molecule is CCCc1cc(CBr)ccc1OC(C(=O)OC(C)(C)C)c1ccccc1. The van der Waals surface area contributed by atoms with Gasteiger partial charge in [-0.25, -0.2) is 4.79 Å². The van der Waals surface area contributed by atoms with Crippen molar-refractivity contribution < 1.29 is 14.3 Å². The normalized spacial score (nSPS) is 12.5. The van der Waals surface area contributed by atoms with Crippen LogP contribution in [0.15, 0.2) is 48.5 Å². The monoisotopic (exact) mass is 418 g/mol. The summed E-state index contributed by atoms with van der Waals surface area (Å²) in [7, 11) is 0. The van der Waals surface area contributed by atoms with Crippen LogP contribution in [-0.2, 0) is 21.3 Å². The summed E-state index contributed by atoms with van der Waals surface area (Å²) in [6, 6.07) is 15.6. The van der Waals surface area contributed by atoms with E-state index in [0.29, 0.717) is 0 Å². The maximum Gasteiger partial charge on any atom is 0.352 e. The lowest BCUT2D eigenvalue weighted by atomic mass is 10.1. The van der Waals surface area contributed by atoms with Gasteiger partial charge in [-0.2, -0.15) is 0 Å². The van der Waals surface area contributed by atoms with E-state index < -0.39 is 11.7 Å². The molecule has 0 aliphatic rings. The first-order chi connectivity index (χ1) is 12.3. The molecule has 2 rings (SSSR count). The number of esters is 1. The van der Waals surface area contributed by atoms with Crippen LogP contribution in [0.25, 0.3) is 0 Å². The molecule has 0 spiro atoms. The molecule has 0 aromatic heterocycles. The number of rotatable bonds is 7. The Kier molecular flexibility index (Phi) is 7.27. The number of halogens is 1. The molecule has 140 valence electrons. The molecule has 4 heteroatoms. The molecule has 2 aromatic carbocycles. The van der Waals surface area contributed by atoms with Gasteiger partial charge < -0.3 is 9.47 Å². The number of benzene rings is 2. The molecule has 3 nitrogen and oxygen atoms in total. The van der Waals surface area contributed by atoms with Crippen molar-refractivity contribution in [2.24, 2.45) is 0 Å². The van der Waals surface area contributed by atoms with Crippen molar-refractivity contribution in [2.45, 2.75) is 57.6 Å². The Morgan fingerprint density at radius 3 is 2.38 bits per heavy atom. The van der Waals surface area contributed by atoms with Crippen LogP contribution in [0, 0.1) is 0 Å². The van der Waals surface area contributed by atoms with Crippen LogP contribution in [0.1, 0.15) is 56.9 Å². The third-order valence-electron chi connectivity index (χ3n) is 3.77.